The zero-order valence-corrected chi connectivity index (χ0v) is 10.9. The number of hydrogen-bond acceptors (Lipinski definition) is 4. The summed E-state index contributed by atoms with van der Waals surface area (Å²) < 4.78 is 30.1. The fourth-order valence-corrected chi connectivity index (χ4v) is 3.20. The molecule has 2 N–H and O–H groups in total. The van der Waals surface area contributed by atoms with Gasteiger partial charge < -0.3 is 10.5 Å². The summed E-state index contributed by atoms with van der Waals surface area (Å²) in [5.74, 6) is 0.0723. The average Bonchev–Trinajstić information content (AvgIpc) is 2.27. The number of hydrogen-bond donors (Lipinski definition) is 1. The van der Waals surface area contributed by atoms with Crippen molar-refractivity contribution in [2.45, 2.75) is 19.8 Å². The van der Waals surface area contributed by atoms with Crippen LogP contribution in [-0.4, -0.2) is 51.8 Å². The molecule has 0 atom stereocenters. The summed E-state index contributed by atoms with van der Waals surface area (Å²) in [4.78, 5) is 0. The molecule has 1 aliphatic rings. The molecular formula is C10H22N2O3S. The average molecular weight is 250 g/mol. The van der Waals surface area contributed by atoms with Gasteiger partial charge in [0.15, 0.2) is 0 Å². The Morgan fingerprint density at radius 1 is 1.38 bits per heavy atom. The number of rotatable bonds is 5. The highest BCUT2D eigenvalue weighted by molar-refractivity contribution is 7.89. The maximum atomic E-state index is 11.9. The van der Waals surface area contributed by atoms with Crippen LogP contribution in [0.5, 0.6) is 0 Å². The van der Waals surface area contributed by atoms with Crippen molar-refractivity contribution in [2.75, 3.05) is 39.1 Å². The first-order chi connectivity index (χ1) is 7.43. The summed E-state index contributed by atoms with van der Waals surface area (Å²) in [6.07, 6.45) is 1.69. The van der Waals surface area contributed by atoms with Crippen LogP contribution in [-0.2, 0) is 14.8 Å². The fraction of sp³-hybridized carbons (Fsp3) is 1.00. The van der Waals surface area contributed by atoms with Crippen LogP contribution in [0.25, 0.3) is 0 Å². The Balaban J connectivity index is 2.53. The molecule has 1 fully saturated rings. The quantitative estimate of drug-likeness (QED) is 0.747. The van der Waals surface area contributed by atoms with Crippen molar-refractivity contribution in [1.82, 2.24) is 4.31 Å². The summed E-state index contributed by atoms with van der Waals surface area (Å²) in [6, 6.07) is 0. The lowest BCUT2D eigenvalue weighted by Gasteiger charge is -2.37. The second kappa shape index (κ2) is 5.44. The van der Waals surface area contributed by atoms with Gasteiger partial charge in [0.2, 0.25) is 10.0 Å². The van der Waals surface area contributed by atoms with E-state index in [-0.39, 0.29) is 17.8 Å². The first-order valence-corrected chi connectivity index (χ1v) is 7.21. The van der Waals surface area contributed by atoms with E-state index in [9.17, 15) is 8.42 Å². The smallest absolute Gasteiger partial charge is 0.216 e. The Hall–Kier alpha value is -0.170. The molecule has 16 heavy (non-hydrogen) atoms. The van der Waals surface area contributed by atoms with Gasteiger partial charge in [0.1, 0.15) is 0 Å². The summed E-state index contributed by atoms with van der Waals surface area (Å²) in [7, 11) is -1.63. The molecule has 0 bridgehead atoms. The van der Waals surface area contributed by atoms with Gasteiger partial charge in [-0.25, -0.2) is 12.7 Å². The monoisotopic (exact) mass is 250 g/mol. The molecule has 1 heterocycles. The van der Waals surface area contributed by atoms with Gasteiger partial charge in [-0.2, -0.15) is 0 Å². The molecule has 96 valence electrons. The van der Waals surface area contributed by atoms with E-state index in [0.29, 0.717) is 19.6 Å². The van der Waals surface area contributed by atoms with Gasteiger partial charge in [0.05, 0.1) is 12.4 Å². The van der Waals surface area contributed by atoms with Gasteiger partial charge in [-0.1, -0.05) is 6.92 Å². The maximum absolute atomic E-state index is 11.9. The van der Waals surface area contributed by atoms with Crippen LogP contribution in [0.1, 0.15) is 19.8 Å². The molecular weight excluding hydrogens is 228 g/mol. The van der Waals surface area contributed by atoms with Gasteiger partial charge >= 0.3 is 0 Å². The zero-order valence-electron chi connectivity index (χ0n) is 10.1. The van der Waals surface area contributed by atoms with Gasteiger partial charge in [-0.3, -0.25) is 0 Å². The summed E-state index contributed by atoms with van der Waals surface area (Å²) in [5.41, 5.74) is 5.79. The lowest BCUT2D eigenvalue weighted by Crippen LogP contribution is -2.45. The van der Waals surface area contributed by atoms with E-state index in [4.69, 9.17) is 10.5 Å². The van der Waals surface area contributed by atoms with Crippen LogP contribution in [0, 0.1) is 5.41 Å². The van der Waals surface area contributed by atoms with Crippen molar-refractivity contribution in [2.24, 2.45) is 11.1 Å². The standard InChI is InChI=1S/C10H22N2O3S/c1-10(9-11)3-5-12(6-4-10)16(13,14)8-7-15-2/h3-9,11H2,1-2H3. The highest BCUT2D eigenvalue weighted by Crippen LogP contribution is 2.30. The number of ether oxygens (including phenoxy) is 1. The summed E-state index contributed by atoms with van der Waals surface area (Å²) in [5, 5.41) is 0. The summed E-state index contributed by atoms with van der Waals surface area (Å²) >= 11 is 0. The minimum atomic E-state index is -3.14. The van der Waals surface area contributed by atoms with Crippen molar-refractivity contribution in [3.8, 4) is 0 Å². The van der Waals surface area contributed by atoms with E-state index in [1.54, 1.807) is 4.31 Å². The normalized spacial score (nSPS) is 22.2. The van der Waals surface area contributed by atoms with Gasteiger partial charge in [0, 0.05) is 20.2 Å². The van der Waals surface area contributed by atoms with Crippen LogP contribution in [0.2, 0.25) is 0 Å². The van der Waals surface area contributed by atoms with Crippen LogP contribution in [0.4, 0.5) is 0 Å². The van der Waals surface area contributed by atoms with E-state index in [0.717, 1.165) is 12.8 Å². The Bertz CT molecular complexity index is 308. The molecule has 0 amide bonds. The Kier molecular flexibility index (Phi) is 4.73. The third-order valence-corrected chi connectivity index (χ3v) is 5.20. The molecule has 1 saturated heterocycles. The molecule has 0 saturated carbocycles. The second-order valence-electron chi connectivity index (χ2n) is 4.72. The van der Waals surface area contributed by atoms with Crippen molar-refractivity contribution < 1.29 is 13.2 Å². The van der Waals surface area contributed by atoms with E-state index >= 15 is 0 Å². The highest BCUT2D eigenvalue weighted by Gasteiger charge is 2.33. The molecule has 0 spiro atoms. The largest absolute Gasteiger partial charge is 0.384 e. The molecule has 0 radical (unpaired) electrons. The number of sulfonamides is 1. The predicted molar refractivity (Wildman–Crippen MR) is 63.6 cm³/mol. The molecule has 1 rings (SSSR count). The van der Waals surface area contributed by atoms with Crippen molar-refractivity contribution in [3.63, 3.8) is 0 Å². The Labute approximate surface area is 98.0 Å². The van der Waals surface area contributed by atoms with Gasteiger partial charge in [-0.15, -0.1) is 0 Å². The van der Waals surface area contributed by atoms with E-state index < -0.39 is 10.0 Å². The van der Waals surface area contributed by atoms with Crippen molar-refractivity contribution >= 4 is 10.0 Å². The minimum absolute atomic E-state index is 0.0723. The lowest BCUT2D eigenvalue weighted by molar-refractivity contribution is 0.179. The number of piperidine rings is 1. The highest BCUT2D eigenvalue weighted by atomic mass is 32.2. The molecule has 0 aromatic heterocycles. The number of nitrogens with two attached hydrogens (primary N) is 1. The first kappa shape index (κ1) is 13.9. The third-order valence-electron chi connectivity index (χ3n) is 3.36. The van der Waals surface area contributed by atoms with E-state index in [2.05, 4.69) is 6.92 Å². The fourth-order valence-electron chi connectivity index (χ4n) is 1.83. The molecule has 0 unspecified atom stereocenters. The molecule has 0 aliphatic carbocycles. The lowest BCUT2D eigenvalue weighted by atomic mass is 9.81. The van der Waals surface area contributed by atoms with Crippen LogP contribution in [0.3, 0.4) is 0 Å². The topological polar surface area (TPSA) is 72.6 Å². The maximum Gasteiger partial charge on any atom is 0.216 e. The SMILES string of the molecule is COCCS(=O)(=O)N1CCC(C)(CN)CC1. The number of methoxy groups -OCH3 is 1. The Morgan fingerprint density at radius 2 is 1.94 bits per heavy atom. The minimum Gasteiger partial charge on any atom is -0.384 e. The number of nitrogens with zero attached hydrogens (tertiary/aromatic N) is 1. The molecule has 0 aromatic carbocycles. The van der Waals surface area contributed by atoms with Crippen molar-refractivity contribution in [1.29, 1.82) is 0 Å². The molecule has 6 heteroatoms. The molecule has 1 aliphatic heterocycles. The van der Waals surface area contributed by atoms with Crippen LogP contribution >= 0.6 is 0 Å². The summed E-state index contributed by atoms with van der Waals surface area (Å²) in [6.45, 7) is 4.16. The first-order valence-electron chi connectivity index (χ1n) is 5.60. The second-order valence-corrected chi connectivity index (χ2v) is 6.81. The molecule has 0 aromatic rings. The van der Waals surface area contributed by atoms with Crippen molar-refractivity contribution in [3.05, 3.63) is 0 Å². The van der Waals surface area contributed by atoms with Gasteiger partial charge in [0.25, 0.3) is 0 Å². The zero-order chi connectivity index (χ0) is 12.2. The van der Waals surface area contributed by atoms with E-state index in [1.807, 2.05) is 0 Å². The van der Waals surface area contributed by atoms with E-state index in [1.165, 1.54) is 7.11 Å². The predicted octanol–water partition coefficient (Wildman–Crippen LogP) is 0.0234. The third kappa shape index (κ3) is 3.41. The molecule has 5 nitrogen and oxygen atoms in total. The van der Waals surface area contributed by atoms with Crippen LogP contribution < -0.4 is 5.73 Å². The van der Waals surface area contributed by atoms with Crippen LogP contribution in [0.15, 0.2) is 0 Å². The Morgan fingerprint density at radius 3 is 2.38 bits per heavy atom. The van der Waals surface area contributed by atoms with Gasteiger partial charge in [-0.05, 0) is 24.8 Å².